The molecule has 2 bridgehead atoms. The topological polar surface area (TPSA) is 12.1 Å². The number of piperazine rings is 1. The van der Waals surface area contributed by atoms with Crippen molar-refractivity contribution in [1.82, 2.24) is 4.90 Å². The van der Waals surface area contributed by atoms with Crippen LogP contribution in [0.15, 0.2) is 30.3 Å². The summed E-state index contributed by atoms with van der Waals surface area (Å²) in [5.74, 6) is 0. The Labute approximate surface area is 171 Å². The van der Waals surface area contributed by atoms with Gasteiger partial charge in [0, 0.05) is 12.1 Å². The van der Waals surface area contributed by atoms with E-state index in [1.165, 1.54) is 89.9 Å². The molecule has 0 spiro atoms. The van der Waals surface area contributed by atoms with Gasteiger partial charge >= 0.3 is 0 Å². The third kappa shape index (κ3) is 5.59. The fraction of sp³-hybridized carbons (Fsp3) is 0.714. The molecule has 3 heterocycles. The summed E-state index contributed by atoms with van der Waals surface area (Å²) in [5.41, 5.74) is 1.51. The van der Waals surface area contributed by atoms with Gasteiger partial charge in [0.2, 0.25) is 0 Å². The van der Waals surface area contributed by atoms with Gasteiger partial charge in [-0.1, -0.05) is 30.3 Å². The monoisotopic (exact) mass is 399 g/mol. The van der Waals surface area contributed by atoms with Crippen LogP contribution in [0.3, 0.4) is 0 Å². The quantitative estimate of drug-likeness (QED) is 0.503. The van der Waals surface area contributed by atoms with E-state index in [0.29, 0.717) is 0 Å². The number of piperidine rings is 2. The average molecular weight is 400 g/mol. The van der Waals surface area contributed by atoms with Gasteiger partial charge in [-0.2, -0.15) is 0 Å². The van der Waals surface area contributed by atoms with Gasteiger partial charge in [-0.25, -0.2) is 0 Å². The van der Waals surface area contributed by atoms with Gasteiger partial charge < -0.3 is 34.6 Å². The molecular weight excluding hydrogens is 365 g/mol. The first-order valence-corrected chi connectivity index (χ1v) is 10.4. The lowest BCUT2D eigenvalue weighted by Crippen LogP contribution is -3.16. The van der Waals surface area contributed by atoms with E-state index >= 15 is 0 Å². The maximum absolute atomic E-state index is 2.92. The molecule has 1 aromatic carbocycles. The van der Waals surface area contributed by atoms with Crippen LogP contribution in [0.1, 0.15) is 44.1 Å². The summed E-state index contributed by atoms with van der Waals surface area (Å²) in [5, 5.41) is 0. The highest BCUT2D eigenvalue weighted by Crippen LogP contribution is 2.23. The highest BCUT2D eigenvalue weighted by atomic mass is 35.5. The fourth-order valence-corrected chi connectivity index (χ4v) is 5.39. The molecule has 3 nitrogen and oxygen atoms in total. The van der Waals surface area contributed by atoms with Crippen LogP contribution in [0.5, 0.6) is 0 Å². The van der Waals surface area contributed by atoms with Crippen molar-refractivity contribution in [3.8, 4) is 0 Å². The number of nitrogens with one attached hydrogen (secondary N) is 2. The third-order valence-electron chi connectivity index (χ3n) is 6.64. The highest BCUT2D eigenvalue weighted by molar-refractivity contribution is 5.13. The normalized spacial score (nSPS) is 29.5. The summed E-state index contributed by atoms with van der Waals surface area (Å²) in [7, 11) is 0. The molecule has 4 rings (SSSR count). The van der Waals surface area contributed by atoms with Crippen LogP contribution in [0.25, 0.3) is 0 Å². The first-order chi connectivity index (χ1) is 11.9. The standard InChI is InChI=1S/C21H33N3.2ClH/c1-3-8-19(9-4-1)16-23-17-20-10-7-11-21(18-23)24(20)15-14-22-12-5-2-6-13-22;;/h1,3-4,8-9,20-21H,2,5-7,10-18H2;2*1H. The Morgan fingerprint density at radius 2 is 1.46 bits per heavy atom. The minimum Gasteiger partial charge on any atom is -1.00 e. The summed E-state index contributed by atoms with van der Waals surface area (Å²) >= 11 is 0. The molecule has 2 atom stereocenters. The third-order valence-corrected chi connectivity index (χ3v) is 6.64. The van der Waals surface area contributed by atoms with E-state index in [0.717, 1.165) is 12.1 Å². The molecule has 0 radical (unpaired) electrons. The van der Waals surface area contributed by atoms with Crippen LogP contribution in [0.4, 0.5) is 0 Å². The number of fused-ring (bicyclic) bond motifs is 2. The largest absolute Gasteiger partial charge is 1.00 e. The number of quaternary nitrogens is 2. The number of likely N-dealkylation sites (tertiary alicyclic amines) is 2. The van der Waals surface area contributed by atoms with Crippen molar-refractivity contribution >= 4 is 0 Å². The Morgan fingerprint density at radius 3 is 2.12 bits per heavy atom. The van der Waals surface area contributed by atoms with E-state index < -0.39 is 0 Å². The Bertz CT molecular complexity index is 493. The van der Waals surface area contributed by atoms with E-state index in [2.05, 4.69) is 35.2 Å². The summed E-state index contributed by atoms with van der Waals surface area (Å²) in [4.78, 5) is 6.61. The van der Waals surface area contributed by atoms with Gasteiger partial charge in [-0.05, 0) is 38.5 Å². The first kappa shape index (κ1) is 22.0. The van der Waals surface area contributed by atoms with Crippen LogP contribution in [0, 0.1) is 0 Å². The Hall–Kier alpha value is -0.320. The maximum Gasteiger partial charge on any atom is 0.103 e. The Kier molecular flexibility index (Phi) is 9.19. The van der Waals surface area contributed by atoms with Crippen LogP contribution < -0.4 is 34.6 Å². The molecule has 26 heavy (non-hydrogen) atoms. The molecule has 5 heteroatoms. The summed E-state index contributed by atoms with van der Waals surface area (Å²) in [6.07, 6.45) is 8.71. The summed E-state index contributed by atoms with van der Waals surface area (Å²) < 4.78 is 0. The van der Waals surface area contributed by atoms with Crippen molar-refractivity contribution in [3.63, 3.8) is 0 Å². The molecular formula is C21H35Cl2N3. The van der Waals surface area contributed by atoms with E-state index in [1.807, 2.05) is 9.80 Å². The highest BCUT2D eigenvalue weighted by Gasteiger charge is 2.40. The fourth-order valence-electron chi connectivity index (χ4n) is 5.39. The minimum atomic E-state index is 0. The van der Waals surface area contributed by atoms with E-state index in [4.69, 9.17) is 0 Å². The lowest BCUT2D eigenvalue weighted by molar-refractivity contribution is -0.926. The number of hydrogen-bond donors (Lipinski definition) is 2. The zero-order chi connectivity index (χ0) is 16.2. The number of nitrogens with zero attached hydrogens (tertiary/aromatic N) is 1. The zero-order valence-electron chi connectivity index (χ0n) is 15.9. The summed E-state index contributed by atoms with van der Waals surface area (Å²) in [6.45, 7) is 9.54. The van der Waals surface area contributed by atoms with Crippen molar-refractivity contribution in [2.24, 2.45) is 0 Å². The van der Waals surface area contributed by atoms with Crippen LogP contribution in [-0.2, 0) is 6.54 Å². The van der Waals surface area contributed by atoms with Gasteiger partial charge in [-0.15, -0.1) is 0 Å². The average Bonchev–Trinajstić information content (AvgIpc) is 2.61. The number of rotatable bonds is 5. The molecule has 2 N–H and O–H groups in total. The first-order valence-electron chi connectivity index (χ1n) is 10.4. The van der Waals surface area contributed by atoms with E-state index in [9.17, 15) is 0 Å². The van der Waals surface area contributed by atoms with Gasteiger partial charge in [-0.3, -0.25) is 4.90 Å². The van der Waals surface area contributed by atoms with Gasteiger partial charge in [0.25, 0.3) is 0 Å². The van der Waals surface area contributed by atoms with Crippen molar-refractivity contribution in [1.29, 1.82) is 0 Å². The molecule has 0 aliphatic carbocycles. The van der Waals surface area contributed by atoms with Crippen molar-refractivity contribution in [2.45, 2.75) is 57.2 Å². The lowest BCUT2D eigenvalue weighted by atomic mass is 9.91. The molecule has 148 valence electrons. The zero-order valence-corrected chi connectivity index (χ0v) is 17.4. The van der Waals surface area contributed by atoms with Crippen LogP contribution in [0.2, 0.25) is 0 Å². The van der Waals surface area contributed by atoms with Crippen LogP contribution in [-0.4, -0.2) is 56.3 Å². The second-order valence-electron chi connectivity index (χ2n) is 8.36. The molecule has 3 fully saturated rings. The number of benzene rings is 1. The van der Waals surface area contributed by atoms with E-state index in [1.54, 1.807) is 0 Å². The summed E-state index contributed by atoms with van der Waals surface area (Å²) in [6, 6.07) is 12.8. The van der Waals surface area contributed by atoms with E-state index in [-0.39, 0.29) is 24.8 Å². The molecule has 0 aromatic heterocycles. The second-order valence-corrected chi connectivity index (χ2v) is 8.36. The minimum absolute atomic E-state index is 0. The molecule has 3 aliphatic rings. The van der Waals surface area contributed by atoms with Gasteiger partial charge in [0.05, 0.1) is 44.8 Å². The van der Waals surface area contributed by atoms with Crippen molar-refractivity contribution in [3.05, 3.63) is 35.9 Å². The SMILES string of the molecule is [Cl-].[Cl-].c1ccc(C[NH+]2CC3CCCC(C2)N3CC[NH+]2CCCCC2)cc1. The molecule has 1 aromatic rings. The van der Waals surface area contributed by atoms with Gasteiger partial charge in [0.1, 0.15) is 6.54 Å². The maximum atomic E-state index is 2.92. The molecule has 0 saturated carbocycles. The second kappa shape index (κ2) is 10.9. The smallest absolute Gasteiger partial charge is 0.103 e. The predicted molar refractivity (Wildman–Crippen MR) is 98.4 cm³/mol. The molecule has 2 unspecified atom stereocenters. The number of hydrogen-bond acceptors (Lipinski definition) is 1. The molecule has 3 saturated heterocycles. The molecule has 0 amide bonds. The Balaban J connectivity index is 0.00000121. The molecule has 3 aliphatic heterocycles. The van der Waals surface area contributed by atoms with Gasteiger partial charge in [0.15, 0.2) is 0 Å². The number of halogens is 2. The van der Waals surface area contributed by atoms with Crippen LogP contribution >= 0.6 is 0 Å². The van der Waals surface area contributed by atoms with Crippen molar-refractivity contribution < 1.29 is 34.6 Å². The Morgan fingerprint density at radius 1 is 0.808 bits per heavy atom. The van der Waals surface area contributed by atoms with Crippen molar-refractivity contribution in [2.75, 3.05) is 39.3 Å². The lowest BCUT2D eigenvalue weighted by Gasteiger charge is -2.48. The predicted octanol–water partition coefficient (Wildman–Crippen LogP) is -5.62.